The van der Waals surface area contributed by atoms with E-state index in [1.165, 1.54) is 31.2 Å². The molecular formula is C22H34N8O7. The second-order valence-corrected chi connectivity index (χ2v) is 8.29. The van der Waals surface area contributed by atoms with E-state index in [4.69, 9.17) is 22.9 Å². The number of aromatic hydroxyl groups is 1. The van der Waals surface area contributed by atoms with Crippen molar-refractivity contribution in [2.45, 2.75) is 56.8 Å². The molecule has 0 bridgehead atoms. The predicted molar refractivity (Wildman–Crippen MR) is 133 cm³/mol. The number of phenols is 1. The molecule has 4 unspecified atom stereocenters. The molecule has 204 valence electrons. The third-order valence-electron chi connectivity index (χ3n) is 5.08. The Bertz CT molecular complexity index is 995. The highest BCUT2D eigenvalue weighted by Crippen LogP contribution is 2.11. The van der Waals surface area contributed by atoms with Gasteiger partial charge in [0, 0.05) is 13.0 Å². The maximum atomic E-state index is 12.8. The molecular weight excluding hydrogens is 488 g/mol. The molecule has 1 rings (SSSR count). The van der Waals surface area contributed by atoms with Crippen LogP contribution in [0, 0.1) is 0 Å². The normalized spacial score (nSPS) is 13.8. The van der Waals surface area contributed by atoms with Crippen LogP contribution in [0.25, 0.3) is 0 Å². The summed E-state index contributed by atoms with van der Waals surface area (Å²) in [5, 5.41) is 26.0. The number of aliphatic imine (C=N–C) groups is 1. The van der Waals surface area contributed by atoms with Gasteiger partial charge in [0.15, 0.2) is 5.96 Å². The Morgan fingerprint density at radius 1 is 0.919 bits per heavy atom. The lowest BCUT2D eigenvalue weighted by atomic mass is 10.1. The van der Waals surface area contributed by atoms with Gasteiger partial charge in [-0.1, -0.05) is 12.1 Å². The summed E-state index contributed by atoms with van der Waals surface area (Å²) in [6, 6.07) is 0.864. The molecule has 0 aliphatic heterocycles. The molecule has 15 heteroatoms. The van der Waals surface area contributed by atoms with E-state index in [0.717, 1.165) is 0 Å². The largest absolute Gasteiger partial charge is 0.508 e. The molecule has 1 aromatic rings. The van der Waals surface area contributed by atoms with Crippen LogP contribution < -0.4 is 38.9 Å². The smallest absolute Gasteiger partial charge is 0.326 e. The van der Waals surface area contributed by atoms with Crippen molar-refractivity contribution in [3.05, 3.63) is 29.8 Å². The van der Waals surface area contributed by atoms with Crippen LogP contribution in [0.5, 0.6) is 5.75 Å². The van der Waals surface area contributed by atoms with Crippen molar-refractivity contribution in [2.24, 2.45) is 27.9 Å². The summed E-state index contributed by atoms with van der Waals surface area (Å²) in [5.74, 6) is -4.59. The van der Waals surface area contributed by atoms with Gasteiger partial charge in [-0.05, 0) is 37.5 Å². The number of nitrogens with zero attached hydrogens (tertiary/aromatic N) is 1. The summed E-state index contributed by atoms with van der Waals surface area (Å²) in [6.07, 6.45) is -0.173. The monoisotopic (exact) mass is 522 g/mol. The fourth-order valence-corrected chi connectivity index (χ4v) is 3.10. The number of carboxylic acid groups (broad SMARTS) is 1. The number of carboxylic acids is 1. The number of benzene rings is 1. The lowest BCUT2D eigenvalue weighted by Gasteiger charge is -2.23. The minimum absolute atomic E-state index is 0.00604. The number of hydrogen-bond acceptors (Lipinski definition) is 8. The van der Waals surface area contributed by atoms with Crippen molar-refractivity contribution >= 4 is 35.6 Å². The molecule has 4 amide bonds. The number of primary amides is 1. The van der Waals surface area contributed by atoms with Crippen molar-refractivity contribution in [3.8, 4) is 5.75 Å². The van der Waals surface area contributed by atoms with Gasteiger partial charge >= 0.3 is 5.97 Å². The van der Waals surface area contributed by atoms with Crippen LogP contribution in [-0.2, 0) is 30.4 Å². The van der Waals surface area contributed by atoms with Gasteiger partial charge in [0.25, 0.3) is 0 Å². The van der Waals surface area contributed by atoms with Crippen LogP contribution in [0.2, 0.25) is 0 Å². The number of rotatable bonds is 15. The fraction of sp³-hybridized carbons (Fsp3) is 0.455. The Morgan fingerprint density at radius 2 is 1.51 bits per heavy atom. The minimum Gasteiger partial charge on any atom is -0.508 e. The van der Waals surface area contributed by atoms with Crippen LogP contribution >= 0.6 is 0 Å². The Hall–Kier alpha value is -4.40. The average molecular weight is 523 g/mol. The summed E-state index contributed by atoms with van der Waals surface area (Å²) >= 11 is 0. The van der Waals surface area contributed by atoms with Crippen LogP contribution in [-0.4, -0.2) is 76.5 Å². The molecule has 37 heavy (non-hydrogen) atoms. The second kappa shape index (κ2) is 14.9. The fourth-order valence-electron chi connectivity index (χ4n) is 3.10. The summed E-state index contributed by atoms with van der Waals surface area (Å²) < 4.78 is 0. The van der Waals surface area contributed by atoms with Gasteiger partial charge in [0.05, 0.1) is 12.5 Å². The highest BCUT2D eigenvalue weighted by atomic mass is 16.4. The zero-order valence-corrected chi connectivity index (χ0v) is 20.3. The Morgan fingerprint density at radius 3 is 2.05 bits per heavy atom. The molecule has 0 fully saturated rings. The van der Waals surface area contributed by atoms with E-state index in [0.29, 0.717) is 5.56 Å². The standard InChI is InChI=1S/C22H34N8O7/c1-11(18(33)30-16(21(36)37)9-12-4-6-13(31)7-5-12)28-20(35)15(3-2-8-27-22(25)26)29-19(34)14(23)10-17(24)32/h4-7,11,14-16,31H,2-3,8-10,23H2,1H3,(H2,24,32)(H,28,35)(H,29,34)(H,30,33)(H,36,37)(H4,25,26,27). The SMILES string of the molecule is CC(NC(=O)C(CCCN=C(N)N)NC(=O)C(N)CC(N)=O)C(=O)NC(Cc1ccc(O)cc1)C(=O)O. The molecule has 0 spiro atoms. The van der Waals surface area contributed by atoms with Crippen LogP contribution in [0.3, 0.4) is 0 Å². The molecule has 0 aliphatic carbocycles. The maximum absolute atomic E-state index is 12.8. The van der Waals surface area contributed by atoms with E-state index < -0.39 is 60.2 Å². The van der Waals surface area contributed by atoms with Crippen molar-refractivity contribution < 1.29 is 34.2 Å². The summed E-state index contributed by atoms with van der Waals surface area (Å²) in [5.41, 5.74) is 21.8. The van der Waals surface area contributed by atoms with Crippen molar-refractivity contribution in [2.75, 3.05) is 6.54 Å². The van der Waals surface area contributed by atoms with Gasteiger partial charge in [0.1, 0.15) is 23.9 Å². The molecule has 15 nitrogen and oxygen atoms in total. The van der Waals surface area contributed by atoms with E-state index in [1.54, 1.807) is 0 Å². The molecule has 0 radical (unpaired) electrons. The number of aliphatic carboxylic acids is 1. The van der Waals surface area contributed by atoms with Crippen LogP contribution in [0.15, 0.2) is 29.3 Å². The molecule has 1 aromatic carbocycles. The van der Waals surface area contributed by atoms with E-state index in [9.17, 15) is 34.2 Å². The van der Waals surface area contributed by atoms with E-state index in [2.05, 4.69) is 20.9 Å². The first-order valence-corrected chi connectivity index (χ1v) is 11.3. The molecule has 0 aliphatic rings. The average Bonchev–Trinajstić information content (AvgIpc) is 2.80. The third-order valence-corrected chi connectivity index (χ3v) is 5.08. The van der Waals surface area contributed by atoms with Gasteiger partial charge in [-0.25, -0.2) is 4.79 Å². The first-order valence-electron chi connectivity index (χ1n) is 11.3. The van der Waals surface area contributed by atoms with Crippen molar-refractivity contribution in [1.29, 1.82) is 0 Å². The summed E-state index contributed by atoms with van der Waals surface area (Å²) in [7, 11) is 0. The molecule has 0 heterocycles. The Balaban J connectivity index is 2.84. The first-order chi connectivity index (χ1) is 17.3. The summed E-state index contributed by atoms with van der Waals surface area (Å²) in [6.45, 7) is 1.49. The number of guanidine groups is 1. The van der Waals surface area contributed by atoms with E-state index in [-0.39, 0.29) is 37.5 Å². The Kier molecular flexibility index (Phi) is 12.3. The van der Waals surface area contributed by atoms with Gasteiger partial charge in [0.2, 0.25) is 23.6 Å². The lowest BCUT2D eigenvalue weighted by molar-refractivity contribution is -0.142. The highest BCUT2D eigenvalue weighted by Gasteiger charge is 2.28. The van der Waals surface area contributed by atoms with E-state index >= 15 is 0 Å². The first kappa shape index (κ1) is 30.6. The molecule has 0 saturated carbocycles. The number of carbonyl (C=O) groups excluding carboxylic acids is 4. The molecule has 13 N–H and O–H groups in total. The number of nitrogens with two attached hydrogens (primary N) is 4. The zero-order valence-electron chi connectivity index (χ0n) is 20.3. The van der Waals surface area contributed by atoms with Crippen LogP contribution in [0.1, 0.15) is 31.7 Å². The second-order valence-electron chi connectivity index (χ2n) is 8.29. The lowest BCUT2D eigenvalue weighted by Crippen LogP contribution is -2.56. The van der Waals surface area contributed by atoms with Gasteiger partial charge in [-0.2, -0.15) is 0 Å². The number of carbonyl (C=O) groups is 5. The number of hydrogen-bond donors (Lipinski definition) is 9. The predicted octanol–water partition coefficient (Wildman–Crippen LogP) is -3.25. The van der Waals surface area contributed by atoms with E-state index in [1.807, 2.05) is 0 Å². The topological polar surface area (TPSA) is 278 Å². The van der Waals surface area contributed by atoms with Crippen LogP contribution in [0.4, 0.5) is 0 Å². The minimum atomic E-state index is -1.31. The van der Waals surface area contributed by atoms with Crippen molar-refractivity contribution in [3.63, 3.8) is 0 Å². The maximum Gasteiger partial charge on any atom is 0.326 e. The van der Waals surface area contributed by atoms with Gasteiger partial charge in [-0.15, -0.1) is 0 Å². The Labute approximate surface area is 213 Å². The summed E-state index contributed by atoms with van der Waals surface area (Å²) in [4.78, 5) is 64.3. The number of amides is 4. The van der Waals surface area contributed by atoms with Gasteiger partial charge in [-0.3, -0.25) is 24.2 Å². The van der Waals surface area contributed by atoms with Gasteiger partial charge < -0.3 is 49.1 Å². The molecule has 4 atom stereocenters. The quantitative estimate of drug-likeness (QED) is 0.0630. The number of nitrogens with one attached hydrogen (secondary N) is 3. The van der Waals surface area contributed by atoms with Crippen molar-refractivity contribution in [1.82, 2.24) is 16.0 Å². The molecule has 0 aromatic heterocycles. The molecule has 0 saturated heterocycles. The number of phenolic OH excluding ortho intramolecular Hbond substituents is 1. The zero-order chi connectivity index (χ0) is 28.1. The third kappa shape index (κ3) is 11.7. The highest BCUT2D eigenvalue weighted by molar-refractivity contribution is 5.94.